The maximum absolute atomic E-state index is 11.4. The standard InChI is InChI=1S/C13H15N5O/c14-12(19)8-2-1-3-9(8)17-11-5-4-10-13(18-11)16-7-6-15-10/h4-9H,1-3H2,(H2,14,19)(H,16,17,18). The molecular weight excluding hydrogens is 242 g/mol. The zero-order valence-electron chi connectivity index (χ0n) is 10.4. The van der Waals surface area contributed by atoms with Crippen molar-refractivity contribution in [1.82, 2.24) is 15.0 Å². The fraction of sp³-hybridized carbons (Fsp3) is 0.385. The van der Waals surface area contributed by atoms with Gasteiger partial charge in [0.2, 0.25) is 5.91 Å². The normalized spacial score (nSPS) is 22.5. The summed E-state index contributed by atoms with van der Waals surface area (Å²) < 4.78 is 0. The number of carbonyl (C=O) groups is 1. The summed E-state index contributed by atoms with van der Waals surface area (Å²) in [6, 6.07) is 3.79. The first-order chi connectivity index (χ1) is 9.24. The van der Waals surface area contributed by atoms with Gasteiger partial charge in [-0.3, -0.25) is 9.78 Å². The third-order valence-corrected chi connectivity index (χ3v) is 3.55. The van der Waals surface area contributed by atoms with Crippen LogP contribution in [-0.4, -0.2) is 26.9 Å². The largest absolute Gasteiger partial charge is 0.369 e. The summed E-state index contributed by atoms with van der Waals surface area (Å²) in [7, 11) is 0. The maximum atomic E-state index is 11.4. The van der Waals surface area contributed by atoms with Crippen LogP contribution in [0.2, 0.25) is 0 Å². The number of hydrogen-bond donors (Lipinski definition) is 2. The van der Waals surface area contributed by atoms with Crippen LogP contribution < -0.4 is 11.1 Å². The Kier molecular flexibility index (Phi) is 2.98. The number of anilines is 1. The first-order valence-electron chi connectivity index (χ1n) is 6.37. The number of hydrogen-bond acceptors (Lipinski definition) is 5. The van der Waals surface area contributed by atoms with Crippen molar-refractivity contribution in [3.63, 3.8) is 0 Å². The number of nitrogens with one attached hydrogen (secondary N) is 1. The zero-order valence-corrected chi connectivity index (χ0v) is 10.4. The van der Waals surface area contributed by atoms with Crippen LogP contribution >= 0.6 is 0 Å². The Morgan fingerprint density at radius 2 is 2.11 bits per heavy atom. The van der Waals surface area contributed by atoms with Gasteiger partial charge in [0.1, 0.15) is 11.3 Å². The van der Waals surface area contributed by atoms with Gasteiger partial charge in [-0.1, -0.05) is 6.42 Å². The number of nitrogens with two attached hydrogens (primary N) is 1. The lowest BCUT2D eigenvalue weighted by Crippen LogP contribution is -2.34. The Morgan fingerprint density at radius 1 is 1.26 bits per heavy atom. The Hall–Kier alpha value is -2.24. The van der Waals surface area contributed by atoms with Gasteiger partial charge in [0, 0.05) is 18.4 Å². The molecule has 98 valence electrons. The van der Waals surface area contributed by atoms with Gasteiger partial charge < -0.3 is 11.1 Å². The highest BCUT2D eigenvalue weighted by atomic mass is 16.1. The van der Waals surface area contributed by atoms with Crippen molar-refractivity contribution in [3.05, 3.63) is 24.5 Å². The molecule has 0 aliphatic heterocycles. The van der Waals surface area contributed by atoms with E-state index < -0.39 is 0 Å². The molecule has 1 fully saturated rings. The van der Waals surface area contributed by atoms with Crippen molar-refractivity contribution in [2.45, 2.75) is 25.3 Å². The smallest absolute Gasteiger partial charge is 0.222 e. The van der Waals surface area contributed by atoms with Gasteiger partial charge in [-0.15, -0.1) is 0 Å². The summed E-state index contributed by atoms with van der Waals surface area (Å²) in [6.07, 6.45) is 6.05. The monoisotopic (exact) mass is 257 g/mol. The molecule has 0 radical (unpaired) electrons. The van der Waals surface area contributed by atoms with Gasteiger partial charge in [0.15, 0.2) is 5.65 Å². The highest BCUT2D eigenvalue weighted by Gasteiger charge is 2.31. The summed E-state index contributed by atoms with van der Waals surface area (Å²) >= 11 is 0. The number of carbonyl (C=O) groups excluding carboxylic acids is 1. The fourth-order valence-electron chi connectivity index (χ4n) is 2.60. The molecule has 0 aromatic carbocycles. The quantitative estimate of drug-likeness (QED) is 0.858. The fourth-order valence-corrected chi connectivity index (χ4v) is 2.60. The van der Waals surface area contributed by atoms with E-state index in [1.807, 2.05) is 12.1 Å². The first-order valence-corrected chi connectivity index (χ1v) is 6.37. The molecular formula is C13H15N5O. The summed E-state index contributed by atoms with van der Waals surface area (Å²) in [5, 5.41) is 3.28. The average Bonchev–Trinajstić information content (AvgIpc) is 2.87. The summed E-state index contributed by atoms with van der Waals surface area (Å²) in [4.78, 5) is 24.1. The zero-order chi connectivity index (χ0) is 13.2. The molecule has 3 rings (SSSR count). The lowest BCUT2D eigenvalue weighted by atomic mass is 10.0. The van der Waals surface area contributed by atoms with E-state index in [2.05, 4.69) is 20.3 Å². The number of nitrogens with zero attached hydrogens (tertiary/aromatic N) is 3. The number of pyridine rings is 1. The molecule has 3 N–H and O–H groups in total. The van der Waals surface area contributed by atoms with E-state index in [-0.39, 0.29) is 17.9 Å². The maximum Gasteiger partial charge on any atom is 0.222 e. The molecule has 19 heavy (non-hydrogen) atoms. The second-order valence-electron chi connectivity index (χ2n) is 4.79. The van der Waals surface area contributed by atoms with E-state index in [1.54, 1.807) is 12.4 Å². The van der Waals surface area contributed by atoms with Crippen molar-refractivity contribution >= 4 is 22.9 Å². The molecule has 6 nitrogen and oxygen atoms in total. The van der Waals surface area contributed by atoms with Crippen molar-refractivity contribution in [3.8, 4) is 0 Å². The molecule has 1 aliphatic carbocycles. The average molecular weight is 257 g/mol. The summed E-state index contributed by atoms with van der Waals surface area (Å²) in [6.45, 7) is 0. The van der Waals surface area contributed by atoms with Gasteiger partial charge in [-0.2, -0.15) is 0 Å². The third-order valence-electron chi connectivity index (χ3n) is 3.55. The van der Waals surface area contributed by atoms with Crippen LogP contribution in [0, 0.1) is 5.92 Å². The molecule has 2 heterocycles. The Bertz CT molecular complexity index is 615. The van der Waals surface area contributed by atoms with E-state index in [1.165, 1.54) is 0 Å². The second-order valence-corrected chi connectivity index (χ2v) is 4.79. The van der Waals surface area contributed by atoms with E-state index in [4.69, 9.17) is 5.73 Å². The minimum absolute atomic E-state index is 0.0686. The van der Waals surface area contributed by atoms with Crippen molar-refractivity contribution < 1.29 is 4.79 Å². The van der Waals surface area contributed by atoms with E-state index in [9.17, 15) is 4.79 Å². The Labute approximate surface area is 110 Å². The predicted molar refractivity (Wildman–Crippen MR) is 71.3 cm³/mol. The van der Waals surface area contributed by atoms with Crippen molar-refractivity contribution in [1.29, 1.82) is 0 Å². The Morgan fingerprint density at radius 3 is 2.95 bits per heavy atom. The molecule has 0 bridgehead atoms. The second kappa shape index (κ2) is 4.79. The van der Waals surface area contributed by atoms with Gasteiger partial charge in [-0.25, -0.2) is 9.97 Å². The summed E-state index contributed by atoms with van der Waals surface area (Å²) in [5.41, 5.74) is 6.76. The number of amides is 1. The topological polar surface area (TPSA) is 93.8 Å². The highest BCUT2D eigenvalue weighted by molar-refractivity contribution is 5.78. The molecule has 0 spiro atoms. The van der Waals surface area contributed by atoms with Gasteiger partial charge in [-0.05, 0) is 25.0 Å². The highest BCUT2D eigenvalue weighted by Crippen LogP contribution is 2.28. The molecule has 1 amide bonds. The van der Waals surface area contributed by atoms with Crippen molar-refractivity contribution in [2.24, 2.45) is 11.7 Å². The molecule has 6 heteroatoms. The van der Waals surface area contributed by atoms with Crippen LogP contribution in [0.15, 0.2) is 24.5 Å². The van der Waals surface area contributed by atoms with Crippen LogP contribution in [0.1, 0.15) is 19.3 Å². The molecule has 1 aliphatic rings. The predicted octanol–water partition coefficient (Wildman–Crippen LogP) is 1.09. The number of aromatic nitrogens is 3. The van der Waals surface area contributed by atoms with Crippen LogP contribution in [0.5, 0.6) is 0 Å². The summed E-state index contributed by atoms with van der Waals surface area (Å²) in [5.74, 6) is 0.362. The van der Waals surface area contributed by atoms with Crippen LogP contribution in [-0.2, 0) is 4.79 Å². The first kappa shape index (κ1) is 11.8. The number of fused-ring (bicyclic) bond motifs is 1. The van der Waals surface area contributed by atoms with Crippen molar-refractivity contribution in [2.75, 3.05) is 5.32 Å². The van der Waals surface area contributed by atoms with E-state index in [0.29, 0.717) is 11.5 Å². The molecule has 2 atom stereocenters. The van der Waals surface area contributed by atoms with Crippen LogP contribution in [0.4, 0.5) is 5.82 Å². The molecule has 0 saturated heterocycles. The minimum atomic E-state index is -0.240. The molecule has 2 unspecified atom stereocenters. The van der Waals surface area contributed by atoms with Gasteiger partial charge in [0.05, 0.1) is 5.92 Å². The lowest BCUT2D eigenvalue weighted by Gasteiger charge is -2.18. The molecule has 2 aromatic rings. The van der Waals surface area contributed by atoms with Crippen LogP contribution in [0.25, 0.3) is 11.2 Å². The van der Waals surface area contributed by atoms with Crippen LogP contribution in [0.3, 0.4) is 0 Å². The molecule has 1 saturated carbocycles. The van der Waals surface area contributed by atoms with E-state index >= 15 is 0 Å². The Balaban J connectivity index is 1.83. The minimum Gasteiger partial charge on any atom is -0.369 e. The number of primary amides is 1. The SMILES string of the molecule is NC(=O)C1CCCC1Nc1ccc2nccnc2n1. The lowest BCUT2D eigenvalue weighted by molar-refractivity contribution is -0.121. The third kappa shape index (κ3) is 2.33. The van der Waals surface area contributed by atoms with E-state index in [0.717, 1.165) is 24.8 Å². The number of rotatable bonds is 3. The molecule has 2 aromatic heterocycles. The van der Waals surface area contributed by atoms with Gasteiger partial charge >= 0.3 is 0 Å². The van der Waals surface area contributed by atoms with Gasteiger partial charge in [0.25, 0.3) is 0 Å².